The highest BCUT2D eigenvalue weighted by molar-refractivity contribution is 8.26. The monoisotopic (exact) mass is 676 g/mol. The van der Waals surface area contributed by atoms with Crippen LogP contribution >= 0.6 is 24.0 Å². The van der Waals surface area contributed by atoms with Crippen molar-refractivity contribution >= 4 is 46.3 Å². The van der Waals surface area contributed by atoms with Gasteiger partial charge in [-0.1, -0.05) is 36.1 Å². The van der Waals surface area contributed by atoms with Gasteiger partial charge in [-0.05, 0) is 71.7 Å². The molecule has 3 aromatic rings. The van der Waals surface area contributed by atoms with Crippen LogP contribution in [0.25, 0.3) is 17.2 Å². The molecule has 246 valence electrons. The van der Waals surface area contributed by atoms with Crippen LogP contribution in [0.4, 0.5) is 0 Å². The number of carboxylic acid groups (broad SMARTS) is 1. The molecule has 3 aliphatic rings. The van der Waals surface area contributed by atoms with Crippen molar-refractivity contribution in [3.8, 4) is 34.1 Å². The molecule has 3 aliphatic heterocycles. The predicted octanol–water partition coefficient (Wildman–Crippen LogP) is 5.38. The molecule has 3 heterocycles. The molecule has 12 heteroatoms. The van der Waals surface area contributed by atoms with E-state index in [2.05, 4.69) is 23.1 Å². The number of benzene rings is 3. The molecule has 2 fully saturated rings. The minimum atomic E-state index is -1.05. The summed E-state index contributed by atoms with van der Waals surface area (Å²) in [5.41, 5.74) is 4.20. The van der Waals surface area contributed by atoms with Gasteiger partial charge in [0.2, 0.25) is 0 Å². The van der Waals surface area contributed by atoms with Crippen LogP contribution in [-0.2, 0) is 16.0 Å². The van der Waals surface area contributed by atoms with Crippen molar-refractivity contribution in [2.75, 3.05) is 66.3 Å². The number of rotatable bonds is 13. The fraction of sp³-hybridized carbons (Fsp3) is 0.343. The zero-order chi connectivity index (χ0) is 32.8. The van der Waals surface area contributed by atoms with Gasteiger partial charge < -0.3 is 28.8 Å². The second kappa shape index (κ2) is 15.2. The fourth-order valence-electron chi connectivity index (χ4n) is 5.61. The Hall–Kier alpha value is -4.10. The summed E-state index contributed by atoms with van der Waals surface area (Å²) in [5.74, 6) is 1.18. The molecule has 0 atom stereocenters. The van der Waals surface area contributed by atoms with Crippen LogP contribution < -0.4 is 18.9 Å². The molecule has 0 bridgehead atoms. The van der Waals surface area contributed by atoms with Gasteiger partial charge in [-0.3, -0.25) is 14.6 Å². The molecular weight excluding hydrogens is 641 g/mol. The van der Waals surface area contributed by atoms with Crippen molar-refractivity contribution in [2.24, 2.45) is 0 Å². The standard InChI is InChI=1S/C35H36N2O8S2/c1-41-31-21-26(34(39)40)5-8-30(31)43-14-2-10-37-33(38)32(47-35(37)46)22-27-20-24(23-3-6-28-25(19-23)9-15-44-28)4-7-29(27)45-18-13-36-11-16-42-17-12-36/h3-8,19-22H,2,9-18H2,1H3,(H,39,40). The van der Waals surface area contributed by atoms with Gasteiger partial charge in [-0.2, -0.15) is 0 Å². The second-order valence-electron chi connectivity index (χ2n) is 11.2. The maximum atomic E-state index is 13.6. The molecule has 0 saturated carbocycles. The Morgan fingerprint density at radius 2 is 1.72 bits per heavy atom. The molecule has 0 aliphatic carbocycles. The lowest BCUT2D eigenvalue weighted by atomic mass is 9.99. The SMILES string of the molecule is COc1cc(C(=O)O)ccc1OCCCN1C(=O)C(=Cc2cc(-c3ccc4c(c3)CCO4)ccc2OCCN2CCOCC2)SC1=S. The third kappa shape index (κ3) is 7.90. The minimum Gasteiger partial charge on any atom is -0.493 e. The van der Waals surface area contributed by atoms with Gasteiger partial charge in [0.15, 0.2) is 11.5 Å². The number of carbonyl (C=O) groups is 2. The first-order valence-electron chi connectivity index (χ1n) is 15.5. The van der Waals surface area contributed by atoms with E-state index in [9.17, 15) is 14.7 Å². The molecule has 3 aromatic carbocycles. The third-order valence-corrected chi connectivity index (χ3v) is 9.53. The molecule has 1 amide bonds. The Bertz CT molecular complexity index is 1690. The highest BCUT2D eigenvalue weighted by Crippen LogP contribution is 2.37. The molecule has 47 heavy (non-hydrogen) atoms. The van der Waals surface area contributed by atoms with Crippen LogP contribution in [0.2, 0.25) is 0 Å². The Morgan fingerprint density at radius 1 is 0.957 bits per heavy atom. The number of fused-ring (bicyclic) bond motifs is 1. The average molecular weight is 677 g/mol. The van der Waals surface area contributed by atoms with Gasteiger partial charge in [-0.15, -0.1) is 0 Å². The Kier molecular flexibility index (Phi) is 10.6. The van der Waals surface area contributed by atoms with Crippen molar-refractivity contribution in [2.45, 2.75) is 12.8 Å². The number of thiocarbonyl (C=S) groups is 1. The summed E-state index contributed by atoms with van der Waals surface area (Å²) in [7, 11) is 1.46. The van der Waals surface area contributed by atoms with Gasteiger partial charge in [0, 0.05) is 38.2 Å². The van der Waals surface area contributed by atoms with Gasteiger partial charge in [-0.25, -0.2) is 4.79 Å². The van der Waals surface area contributed by atoms with Gasteiger partial charge in [0.1, 0.15) is 22.4 Å². The lowest BCUT2D eigenvalue weighted by molar-refractivity contribution is -0.122. The molecule has 6 rings (SSSR count). The fourth-order valence-corrected chi connectivity index (χ4v) is 6.91. The first-order valence-corrected chi connectivity index (χ1v) is 16.7. The van der Waals surface area contributed by atoms with Crippen LogP contribution in [0.1, 0.15) is 27.9 Å². The maximum Gasteiger partial charge on any atom is 0.335 e. The van der Waals surface area contributed by atoms with E-state index in [1.165, 1.54) is 36.6 Å². The third-order valence-electron chi connectivity index (χ3n) is 8.16. The lowest BCUT2D eigenvalue weighted by Crippen LogP contribution is -2.38. The van der Waals surface area contributed by atoms with Crippen LogP contribution in [-0.4, -0.2) is 97.4 Å². The number of hydrogen-bond donors (Lipinski definition) is 1. The topological polar surface area (TPSA) is 107 Å². The van der Waals surface area contributed by atoms with E-state index in [0.29, 0.717) is 52.7 Å². The van der Waals surface area contributed by atoms with Gasteiger partial charge in [0.25, 0.3) is 5.91 Å². The Labute approximate surface area is 283 Å². The van der Waals surface area contributed by atoms with E-state index in [-0.39, 0.29) is 18.1 Å². The number of morpholine rings is 1. The largest absolute Gasteiger partial charge is 0.493 e. The van der Waals surface area contributed by atoms with E-state index in [1.54, 1.807) is 11.0 Å². The van der Waals surface area contributed by atoms with Gasteiger partial charge in [0.05, 0.1) is 44.0 Å². The first kappa shape index (κ1) is 32.8. The second-order valence-corrected chi connectivity index (χ2v) is 12.9. The van der Waals surface area contributed by atoms with Gasteiger partial charge >= 0.3 is 5.97 Å². The van der Waals surface area contributed by atoms with Crippen LogP contribution in [0, 0.1) is 0 Å². The zero-order valence-electron chi connectivity index (χ0n) is 26.1. The number of methoxy groups -OCH3 is 1. The van der Waals surface area contributed by atoms with E-state index >= 15 is 0 Å². The number of ether oxygens (including phenoxy) is 5. The Morgan fingerprint density at radius 3 is 2.53 bits per heavy atom. The van der Waals surface area contributed by atoms with E-state index in [0.717, 1.165) is 61.7 Å². The van der Waals surface area contributed by atoms with Crippen molar-refractivity contribution in [1.82, 2.24) is 9.80 Å². The normalized spacial score (nSPS) is 17.1. The molecular formula is C35H36N2O8S2. The lowest BCUT2D eigenvalue weighted by Gasteiger charge is -2.26. The summed E-state index contributed by atoms with van der Waals surface area (Å²) in [6, 6.07) is 16.8. The number of nitrogens with zero attached hydrogens (tertiary/aromatic N) is 2. The number of carbonyl (C=O) groups excluding carboxylic acids is 1. The van der Waals surface area contributed by atoms with Crippen LogP contribution in [0.15, 0.2) is 59.5 Å². The summed E-state index contributed by atoms with van der Waals surface area (Å²) >= 11 is 6.88. The van der Waals surface area contributed by atoms with Crippen LogP contribution in [0.5, 0.6) is 23.0 Å². The van der Waals surface area contributed by atoms with E-state index in [1.807, 2.05) is 24.3 Å². The smallest absolute Gasteiger partial charge is 0.335 e. The Balaban J connectivity index is 1.15. The number of hydrogen-bond acceptors (Lipinski definition) is 10. The number of thioether (sulfide) groups is 1. The molecule has 0 spiro atoms. The van der Waals surface area contributed by atoms with Crippen molar-refractivity contribution in [1.29, 1.82) is 0 Å². The quantitative estimate of drug-likeness (QED) is 0.143. The van der Waals surface area contributed by atoms with Crippen molar-refractivity contribution < 1.29 is 38.4 Å². The number of aromatic carboxylic acids is 1. The highest BCUT2D eigenvalue weighted by atomic mass is 32.2. The molecule has 0 aromatic heterocycles. The summed E-state index contributed by atoms with van der Waals surface area (Å²) < 4.78 is 29.1. The summed E-state index contributed by atoms with van der Waals surface area (Å²) in [4.78, 5) is 29.3. The van der Waals surface area contributed by atoms with Crippen molar-refractivity contribution in [3.05, 3.63) is 76.2 Å². The molecule has 2 saturated heterocycles. The molecule has 10 nitrogen and oxygen atoms in total. The average Bonchev–Trinajstić information content (AvgIpc) is 3.66. The van der Waals surface area contributed by atoms with E-state index < -0.39 is 5.97 Å². The van der Waals surface area contributed by atoms with E-state index in [4.69, 9.17) is 35.9 Å². The molecule has 0 radical (unpaired) electrons. The molecule has 0 unspecified atom stereocenters. The summed E-state index contributed by atoms with van der Waals surface area (Å²) in [6.45, 7) is 5.88. The summed E-state index contributed by atoms with van der Waals surface area (Å²) in [5, 5.41) is 9.22. The van der Waals surface area contributed by atoms with Crippen LogP contribution in [0.3, 0.4) is 0 Å². The summed E-state index contributed by atoms with van der Waals surface area (Å²) in [6.07, 6.45) is 3.27. The highest BCUT2D eigenvalue weighted by Gasteiger charge is 2.32. The first-order chi connectivity index (χ1) is 22.9. The predicted molar refractivity (Wildman–Crippen MR) is 184 cm³/mol. The zero-order valence-corrected chi connectivity index (χ0v) is 27.7. The minimum absolute atomic E-state index is 0.108. The van der Waals surface area contributed by atoms with Crippen molar-refractivity contribution in [3.63, 3.8) is 0 Å². The number of amides is 1. The number of carboxylic acids is 1. The molecule has 1 N–H and O–H groups in total. The maximum absolute atomic E-state index is 13.6.